The summed E-state index contributed by atoms with van der Waals surface area (Å²) < 4.78 is 5.09. The summed E-state index contributed by atoms with van der Waals surface area (Å²) in [6.07, 6.45) is 3.48. The van der Waals surface area contributed by atoms with E-state index in [9.17, 15) is 4.79 Å². The van der Waals surface area contributed by atoms with Crippen molar-refractivity contribution < 1.29 is 9.53 Å². The molecule has 1 heterocycles. The number of hydrogen-bond donors (Lipinski definition) is 1. The quantitative estimate of drug-likeness (QED) is 0.539. The van der Waals surface area contributed by atoms with Crippen LogP contribution in [0.15, 0.2) is 11.9 Å². The second-order valence-corrected chi connectivity index (χ2v) is 3.70. The third kappa shape index (κ3) is 2.65. The molecule has 0 saturated carbocycles. The number of ether oxygens (including phenoxy) is 1. The zero-order chi connectivity index (χ0) is 10.6. The fourth-order valence-corrected chi connectivity index (χ4v) is 1.54. The van der Waals surface area contributed by atoms with Gasteiger partial charge in [0, 0.05) is 19.3 Å². The molecule has 0 bridgehead atoms. The Hall–Kier alpha value is -1.19. The minimum atomic E-state index is -0.315. The molecule has 1 rings (SSSR count). The summed E-state index contributed by atoms with van der Waals surface area (Å²) in [7, 11) is 0. The summed E-state index contributed by atoms with van der Waals surface area (Å²) in [5.41, 5.74) is 5.92. The van der Waals surface area contributed by atoms with E-state index in [-0.39, 0.29) is 12.1 Å². The lowest BCUT2D eigenvalue weighted by molar-refractivity contribution is -0.144. The first-order chi connectivity index (χ1) is 6.65. The van der Waals surface area contributed by atoms with Crippen molar-refractivity contribution in [2.24, 2.45) is 5.73 Å². The minimum Gasteiger partial charge on any atom is -0.458 e. The number of rotatable bonds is 3. The Labute approximate surface area is 84.7 Å². The highest BCUT2D eigenvalue weighted by Gasteiger charge is 2.22. The molecule has 2 N–H and O–H groups in total. The van der Waals surface area contributed by atoms with Gasteiger partial charge in [-0.2, -0.15) is 0 Å². The van der Waals surface area contributed by atoms with Crippen LogP contribution in [0.4, 0.5) is 0 Å². The predicted molar refractivity (Wildman–Crippen MR) is 54.3 cm³/mol. The molecule has 0 spiro atoms. The van der Waals surface area contributed by atoms with Gasteiger partial charge in [0.15, 0.2) is 0 Å². The second-order valence-electron chi connectivity index (χ2n) is 3.70. The fourth-order valence-electron chi connectivity index (χ4n) is 1.54. The maximum Gasteiger partial charge on any atom is 0.356 e. The molecule has 80 valence electrons. The molecule has 0 amide bonds. The molecule has 1 fully saturated rings. The minimum absolute atomic E-state index is 0.0972. The highest BCUT2D eigenvalue weighted by Crippen LogP contribution is 2.15. The predicted octanol–water partition coefficient (Wildman–Crippen LogP) is 0.834. The molecule has 1 aliphatic rings. The summed E-state index contributed by atoms with van der Waals surface area (Å²) in [5.74, 6) is -0.315. The van der Waals surface area contributed by atoms with E-state index in [2.05, 4.69) is 0 Å². The van der Waals surface area contributed by atoms with E-state index in [1.165, 1.54) is 6.20 Å². The van der Waals surface area contributed by atoms with Crippen LogP contribution in [0, 0.1) is 0 Å². The van der Waals surface area contributed by atoms with Gasteiger partial charge in [-0.15, -0.1) is 0 Å². The Morgan fingerprint density at radius 2 is 2.00 bits per heavy atom. The molecule has 0 aromatic carbocycles. The van der Waals surface area contributed by atoms with Crippen molar-refractivity contribution in [1.29, 1.82) is 0 Å². The Morgan fingerprint density at radius 3 is 2.43 bits per heavy atom. The van der Waals surface area contributed by atoms with Gasteiger partial charge in [-0.1, -0.05) is 0 Å². The Kier molecular flexibility index (Phi) is 3.80. The average molecular weight is 198 g/mol. The average Bonchev–Trinajstić information content (AvgIpc) is 2.57. The first-order valence-electron chi connectivity index (χ1n) is 5.03. The number of likely N-dealkylation sites (tertiary alicyclic amines) is 1. The van der Waals surface area contributed by atoms with Gasteiger partial charge in [0.2, 0.25) is 0 Å². The van der Waals surface area contributed by atoms with E-state index < -0.39 is 0 Å². The standard InChI is InChI=1S/C10H18N2O2/c1-8(2)14-10(13)9(7-11)12-5-3-4-6-12/h7-8H,3-6,11H2,1-2H3. The smallest absolute Gasteiger partial charge is 0.356 e. The normalized spacial score (nSPS) is 17.6. The number of hydrogen-bond acceptors (Lipinski definition) is 4. The van der Waals surface area contributed by atoms with Gasteiger partial charge in [0.1, 0.15) is 5.70 Å². The van der Waals surface area contributed by atoms with Crippen molar-refractivity contribution in [2.45, 2.75) is 32.8 Å². The van der Waals surface area contributed by atoms with Gasteiger partial charge in [-0.25, -0.2) is 4.79 Å². The highest BCUT2D eigenvalue weighted by atomic mass is 16.5. The Balaban J connectivity index is 2.57. The second kappa shape index (κ2) is 4.88. The third-order valence-electron chi connectivity index (χ3n) is 2.16. The zero-order valence-corrected chi connectivity index (χ0v) is 8.82. The van der Waals surface area contributed by atoms with Crippen LogP contribution in [-0.2, 0) is 9.53 Å². The van der Waals surface area contributed by atoms with E-state index in [4.69, 9.17) is 10.5 Å². The van der Waals surface area contributed by atoms with E-state index in [0.717, 1.165) is 25.9 Å². The first kappa shape index (κ1) is 10.9. The molecule has 4 heteroatoms. The topological polar surface area (TPSA) is 55.6 Å². The number of esters is 1. The number of nitrogens with zero attached hydrogens (tertiary/aromatic N) is 1. The molecule has 0 atom stereocenters. The molecule has 0 radical (unpaired) electrons. The SMILES string of the molecule is CC(C)OC(=O)C(=CN)N1CCCC1. The van der Waals surface area contributed by atoms with Crippen LogP contribution >= 0.6 is 0 Å². The molecule has 0 aromatic heterocycles. The number of nitrogens with two attached hydrogens (primary N) is 1. The lowest BCUT2D eigenvalue weighted by atomic mass is 10.4. The van der Waals surface area contributed by atoms with Gasteiger partial charge in [0.25, 0.3) is 0 Å². The Morgan fingerprint density at radius 1 is 1.43 bits per heavy atom. The van der Waals surface area contributed by atoms with Crippen molar-refractivity contribution in [2.75, 3.05) is 13.1 Å². The molecule has 0 unspecified atom stereocenters. The largest absolute Gasteiger partial charge is 0.458 e. The van der Waals surface area contributed by atoms with Crippen LogP contribution < -0.4 is 5.73 Å². The van der Waals surface area contributed by atoms with Crippen LogP contribution in [0.3, 0.4) is 0 Å². The summed E-state index contributed by atoms with van der Waals surface area (Å²) in [6.45, 7) is 5.46. The van der Waals surface area contributed by atoms with Crippen molar-refractivity contribution in [1.82, 2.24) is 4.90 Å². The molecule has 14 heavy (non-hydrogen) atoms. The van der Waals surface area contributed by atoms with Crippen LogP contribution in [0.2, 0.25) is 0 Å². The number of carbonyl (C=O) groups is 1. The molecule has 0 aromatic rings. The summed E-state index contributed by atoms with van der Waals surface area (Å²) >= 11 is 0. The van der Waals surface area contributed by atoms with Gasteiger partial charge in [-0.05, 0) is 26.7 Å². The van der Waals surface area contributed by atoms with Crippen molar-refractivity contribution in [3.05, 3.63) is 11.9 Å². The van der Waals surface area contributed by atoms with E-state index >= 15 is 0 Å². The third-order valence-corrected chi connectivity index (χ3v) is 2.16. The van der Waals surface area contributed by atoms with Crippen LogP contribution in [0.5, 0.6) is 0 Å². The van der Waals surface area contributed by atoms with Gasteiger partial charge in [-0.3, -0.25) is 0 Å². The summed E-state index contributed by atoms with van der Waals surface area (Å²) in [5, 5.41) is 0. The summed E-state index contributed by atoms with van der Waals surface area (Å²) in [6, 6.07) is 0. The van der Waals surface area contributed by atoms with E-state index in [1.807, 2.05) is 18.7 Å². The van der Waals surface area contributed by atoms with Crippen LogP contribution in [0.25, 0.3) is 0 Å². The van der Waals surface area contributed by atoms with Crippen molar-refractivity contribution in [3.63, 3.8) is 0 Å². The molecule has 0 aliphatic carbocycles. The maximum atomic E-state index is 11.6. The fraction of sp³-hybridized carbons (Fsp3) is 0.700. The van der Waals surface area contributed by atoms with Crippen LogP contribution in [0.1, 0.15) is 26.7 Å². The summed E-state index contributed by atoms with van der Waals surface area (Å²) in [4.78, 5) is 13.5. The highest BCUT2D eigenvalue weighted by molar-refractivity contribution is 5.87. The van der Waals surface area contributed by atoms with Crippen LogP contribution in [-0.4, -0.2) is 30.1 Å². The molecule has 1 aliphatic heterocycles. The molecular weight excluding hydrogens is 180 g/mol. The zero-order valence-electron chi connectivity index (χ0n) is 8.82. The number of carbonyl (C=O) groups excluding carboxylic acids is 1. The molecule has 4 nitrogen and oxygen atoms in total. The maximum absolute atomic E-state index is 11.6. The van der Waals surface area contributed by atoms with E-state index in [1.54, 1.807) is 0 Å². The lowest BCUT2D eigenvalue weighted by Gasteiger charge is -2.20. The van der Waals surface area contributed by atoms with E-state index in [0.29, 0.717) is 5.70 Å². The molecule has 1 saturated heterocycles. The van der Waals surface area contributed by atoms with Gasteiger partial charge < -0.3 is 15.4 Å². The van der Waals surface area contributed by atoms with Crippen molar-refractivity contribution >= 4 is 5.97 Å². The van der Waals surface area contributed by atoms with Gasteiger partial charge >= 0.3 is 5.97 Å². The van der Waals surface area contributed by atoms with Crippen molar-refractivity contribution in [3.8, 4) is 0 Å². The molecular formula is C10H18N2O2. The first-order valence-corrected chi connectivity index (χ1v) is 5.03. The Bertz CT molecular complexity index is 230. The monoisotopic (exact) mass is 198 g/mol. The van der Waals surface area contributed by atoms with Gasteiger partial charge in [0.05, 0.1) is 6.10 Å². The lowest BCUT2D eigenvalue weighted by Crippen LogP contribution is -2.28.